The number of halogens is 3. The van der Waals surface area contributed by atoms with Crippen LogP contribution in [0.4, 0.5) is 13.2 Å². The Labute approximate surface area is 238 Å². The SMILES string of the molecule is CC(F)(F)c1ccc(CNC(=O)[C@H]2CCCN2C(=O)[C@H]2CCCN(S(=O)(=O)N3CCC3c3cccc(F)c3)C2)cc1. The molecule has 12 heteroatoms. The van der Waals surface area contributed by atoms with Crippen LogP contribution in [0.15, 0.2) is 48.5 Å². The van der Waals surface area contributed by atoms with Crippen LogP contribution < -0.4 is 5.32 Å². The van der Waals surface area contributed by atoms with Crippen LogP contribution in [0.1, 0.15) is 61.8 Å². The predicted octanol–water partition coefficient (Wildman–Crippen LogP) is 3.95. The van der Waals surface area contributed by atoms with E-state index < -0.39 is 40.0 Å². The third-order valence-electron chi connectivity index (χ3n) is 8.33. The van der Waals surface area contributed by atoms with Gasteiger partial charge in [0.2, 0.25) is 11.8 Å². The van der Waals surface area contributed by atoms with E-state index in [0.29, 0.717) is 62.9 Å². The lowest BCUT2D eigenvalue weighted by molar-refractivity contribution is -0.142. The molecule has 3 heterocycles. The fourth-order valence-electron chi connectivity index (χ4n) is 5.95. The van der Waals surface area contributed by atoms with Crippen molar-refractivity contribution in [3.8, 4) is 0 Å². The average Bonchev–Trinajstić information content (AvgIpc) is 3.40. The average molecular weight is 593 g/mol. The van der Waals surface area contributed by atoms with Gasteiger partial charge in [-0.3, -0.25) is 9.59 Å². The first-order chi connectivity index (χ1) is 19.4. The molecule has 2 amide bonds. The number of nitrogens with one attached hydrogen (secondary N) is 1. The Hall–Kier alpha value is -2.96. The summed E-state index contributed by atoms with van der Waals surface area (Å²) in [5, 5.41) is 2.81. The fraction of sp³-hybridized carbons (Fsp3) is 0.517. The molecule has 2 aromatic carbocycles. The molecule has 5 rings (SSSR count). The molecule has 0 saturated carbocycles. The quantitative estimate of drug-likeness (QED) is 0.503. The Balaban J connectivity index is 1.20. The number of alkyl halides is 2. The van der Waals surface area contributed by atoms with E-state index in [2.05, 4.69) is 5.32 Å². The third-order valence-corrected chi connectivity index (χ3v) is 10.3. The van der Waals surface area contributed by atoms with Crippen molar-refractivity contribution in [1.82, 2.24) is 18.8 Å². The molecule has 0 spiro atoms. The second-order valence-corrected chi connectivity index (χ2v) is 13.0. The molecule has 0 radical (unpaired) electrons. The summed E-state index contributed by atoms with van der Waals surface area (Å²) in [6.07, 6.45) is 2.79. The van der Waals surface area contributed by atoms with Gasteiger partial charge < -0.3 is 10.2 Å². The monoisotopic (exact) mass is 592 g/mol. The Morgan fingerprint density at radius 3 is 2.39 bits per heavy atom. The number of likely N-dealkylation sites (tertiary alicyclic amines) is 1. The van der Waals surface area contributed by atoms with E-state index in [4.69, 9.17) is 0 Å². The topological polar surface area (TPSA) is 90.0 Å². The summed E-state index contributed by atoms with van der Waals surface area (Å²) in [5.74, 6) is -4.48. The smallest absolute Gasteiger partial charge is 0.282 e. The molecule has 2 aromatic rings. The first-order valence-electron chi connectivity index (χ1n) is 14.0. The Morgan fingerprint density at radius 1 is 1.00 bits per heavy atom. The zero-order chi connectivity index (χ0) is 29.4. The van der Waals surface area contributed by atoms with Gasteiger partial charge in [0.05, 0.1) is 12.0 Å². The molecule has 0 aromatic heterocycles. The maximum atomic E-state index is 13.8. The number of amides is 2. The van der Waals surface area contributed by atoms with E-state index in [0.717, 1.165) is 6.92 Å². The highest BCUT2D eigenvalue weighted by atomic mass is 32.2. The van der Waals surface area contributed by atoms with Crippen molar-refractivity contribution in [2.75, 3.05) is 26.2 Å². The molecule has 3 saturated heterocycles. The van der Waals surface area contributed by atoms with E-state index in [9.17, 15) is 31.2 Å². The standard InChI is InChI=1S/C29H35F3N4O4S/c1-29(31,32)23-11-9-20(10-12-23)18-33-27(37)26-8-4-15-35(26)28(38)22-6-3-14-34(19-22)41(39,40)36-16-13-25(36)21-5-2-7-24(30)17-21/h2,5,7,9-12,17,22,25-26H,3-4,6,8,13-16,18-19H2,1H3,(H,33,37)/t22-,25?,26+/m0/s1. The molecule has 3 aliphatic heterocycles. The van der Waals surface area contributed by atoms with E-state index in [1.807, 2.05) is 0 Å². The van der Waals surface area contributed by atoms with E-state index in [1.165, 1.54) is 32.9 Å². The summed E-state index contributed by atoms with van der Waals surface area (Å²) in [6.45, 7) is 2.04. The summed E-state index contributed by atoms with van der Waals surface area (Å²) >= 11 is 0. The number of rotatable bonds is 8. The Bertz CT molecular complexity index is 1380. The number of carbonyl (C=O) groups excluding carboxylic acids is 2. The molecule has 8 nitrogen and oxygen atoms in total. The fourth-order valence-corrected chi connectivity index (χ4v) is 7.86. The predicted molar refractivity (Wildman–Crippen MR) is 146 cm³/mol. The van der Waals surface area contributed by atoms with Crippen LogP contribution in [0.2, 0.25) is 0 Å². The maximum Gasteiger partial charge on any atom is 0.282 e. The maximum absolute atomic E-state index is 13.8. The summed E-state index contributed by atoms with van der Waals surface area (Å²) in [6, 6.07) is 10.6. The van der Waals surface area contributed by atoms with Gasteiger partial charge in [-0.15, -0.1) is 0 Å². The third kappa shape index (κ3) is 6.29. The van der Waals surface area contributed by atoms with Crippen molar-refractivity contribution in [2.45, 2.75) is 63.6 Å². The van der Waals surface area contributed by atoms with Crippen LogP contribution in [0.3, 0.4) is 0 Å². The number of hydrogen-bond donors (Lipinski definition) is 1. The Kier molecular flexibility index (Phi) is 8.45. The highest BCUT2D eigenvalue weighted by Crippen LogP contribution is 2.38. The highest BCUT2D eigenvalue weighted by molar-refractivity contribution is 7.86. The first kappa shape index (κ1) is 29.5. The van der Waals surface area contributed by atoms with Gasteiger partial charge in [-0.25, -0.2) is 13.2 Å². The van der Waals surface area contributed by atoms with Crippen LogP contribution in [-0.4, -0.2) is 66.0 Å². The normalized spacial score (nSPS) is 24.2. The van der Waals surface area contributed by atoms with Gasteiger partial charge >= 0.3 is 0 Å². The molecule has 3 atom stereocenters. The van der Waals surface area contributed by atoms with Crippen LogP contribution >= 0.6 is 0 Å². The number of hydrogen-bond acceptors (Lipinski definition) is 4. The lowest BCUT2D eigenvalue weighted by atomic mass is 9.97. The molecule has 0 aliphatic carbocycles. The van der Waals surface area contributed by atoms with Crippen LogP contribution in [0.25, 0.3) is 0 Å². The van der Waals surface area contributed by atoms with Gasteiger partial charge in [0.1, 0.15) is 11.9 Å². The minimum Gasteiger partial charge on any atom is -0.350 e. The van der Waals surface area contributed by atoms with Gasteiger partial charge in [-0.05, 0) is 55.4 Å². The molecule has 41 heavy (non-hydrogen) atoms. The number of nitrogens with zero attached hydrogens (tertiary/aromatic N) is 3. The molecule has 1 unspecified atom stereocenters. The minimum absolute atomic E-state index is 0.0345. The van der Waals surface area contributed by atoms with Crippen molar-refractivity contribution < 1.29 is 31.2 Å². The van der Waals surface area contributed by atoms with Crippen molar-refractivity contribution in [2.24, 2.45) is 5.92 Å². The lowest BCUT2D eigenvalue weighted by Crippen LogP contribution is -2.56. The first-order valence-corrected chi connectivity index (χ1v) is 15.4. The largest absolute Gasteiger partial charge is 0.350 e. The minimum atomic E-state index is -3.86. The van der Waals surface area contributed by atoms with Gasteiger partial charge in [-0.2, -0.15) is 17.0 Å². The molecule has 222 valence electrons. The molecule has 1 N–H and O–H groups in total. The number of carbonyl (C=O) groups is 2. The van der Waals surface area contributed by atoms with Crippen molar-refractivity contribution in [3.63, 3.8) is 0 Å². The van der Waals surface area contributed by atoms with Crippen molar-refractivity contribution >= 4 is 22.0 Å². The van der Waals surface area contributed by atoms with Gasteiger partial charge in [0.15, 0.2) is 0 Å². The molecule has 3 fully saturated rings. The summed E-state index contributed by atoms with van der Waals surface area (Å²) < 4.78 is 70.5. The van der Waals surface area contributed by atoms with E-state index in [1.54, 1.807) is 29.2 Å². The van der Waals surface area contributed by atoms with Crippen LogP contribution in [0.5, 0.6) is 0 Å². The van der Waals surface area contributed by atoms with Crippen molar-refractivity contribution in [3.05, 3.63) is 71.0 Å². The van der Waals surface area contributed by atoms with Crippen molar-refractivity contribution in [1.29, 1.82) is 0 Å². The second-order valence-electron chi connectivity index (χ2n) is 11.2. The molecular formula is C29H35F3N4O4S. The number of piperidine rings is 1. The molecular weight excluding hydrogens is 557 g/mol. The lowest BCUT2D eigenvalue weighted by Gasteiger charge is -2.44. The number of benzene rings is 2. The molecule has 3 aliphatic rings. The van der Waals surface area contributed by atoms with E-state index >= 15 is 0 Å². The van der Waals surface area contributed by atoms with Crippen LogP contribution in [-0.2, 0) is 32.3 Å². The second kappa shape index (κ2) is 11.7. The Morgan fingerprint density at radius 2 is 1.73 bits per heavy atom. The van der Waals surface area contributed by atoms with E-state index in [-0.39, 0.29) is 30.5 Å². The zero-order valence-corrected chi connectivity index (χ0v) is 23.8. The summed E-state index contributed by atoms with van der Waals surface area (Å²) in [4.78, 5) is 28.2. The highest BCUT2D eigenvalue weighted by Gasteiger charge is 2.45. The molecule has 0 bridgehead atoms. The van der Waals surface area contributed by atoms with Crippen LogP contribution in [0, 0.1) is 11.7 Å². The summed E-state index contributed by atoms with van der Waals surface area (Å²) in [7, 11) is -3.86. The zero-order valence-electron chi connectivity index (χ0n) is 22.9. The summed E-state index contributed by atoms with van der Waals surface area (Å²) in [5.41, 5.74) is 1.16. The van der Waals surface area contributed by atoms with Gasteiger partial charge in [0.25, 0.3) is 16.1 Å². The van der Waals surface area contributed by atoms with Gasteiger partial charge in [-0.1, -0.05) is 36.4 Å². The van der Waals surface area contributed by atoms with Gasteiger partial charge in [0, 0.05) is 45.2 Å².